The molecule has 1 aliphatic rings. The van der Waals surface area contributed by atoms with Gasteiger partial charge in [0.2, 0.25) is 0 Å². The molecule has 1 aliphatic heterocycles. The number of methoxy groups -OCH3 is 2. The quantitative estimate of drug-likeness (QED) is 0.815. The van der Waals surface area contributed by atoms with Crippen molar-refractivity contribution in [2.45, 2.75) is 31.9 Å². The summed E-state index contributed by atoms with van der Waals surface area (Å²) in [7, 11) is 3.24. The fraction of sp³-hybridized carbons (Fsp3) is 0.533. The minimum absolute atomic E-state index is 0.178. The van der Waals surface area contributed by atoms with E-state index in [1.54, 1.807) is 14.2 Å². The van der Waals surface area contributed by atoms with Crippen LogP contribution in [0.2, 0.25) is 0 Å². The minimum Gasteiger partial charge on any atom is -0.497 e. The van der Waals surface area contributed by atoms with Gasteiger partial charge in [-0.25, -0.2) is 0 Å². The van der Waals surface area contributed by atoms with Crippen molar-refractivity contribution in [3.63, 3.8) is 0 Å². The zero-order chi connectivity index (χ0) is 15.2. The second-order valence-electron chi connectivity index (χ2n) is 5.00. The summed E-state index contributed by atoms with van der Waals surface area (Å²) in [6.07, 6.45) is 2.41. The number of nitrogens with one attached hydrogen (secondary N) is 2. The molecule has 0 spiro atoms. The molecule has 0 amide bonds. The van der Waals surface area contributed by atoms with Gasteiger partial charge < -0.3 is 24.8 Å². The normalized spacial score (nSPS) is 18.9. The lowest BCUT2D eigenvalue weighted by atomic mass is 10.1. The molecule has 2 unspecified atom stereocenters. The first-order valence-corrected chi connectivity index (χ1v) is 7.46. The van der Waals surface area contributed by atoms with Gasteiger partial charge in [-0.3, -0.25) is 0 Å². The van der Waals surface area contributed by atoms with Crippen molar-refractivity contribution in [3.8, 4) is 11.5 Å². The second kappa shape index (κ2) is 7.47. The Bertz CT molecular complexity index is 490. The molecule has 0 aliphatic carbocycles. The lowest BCUT2D eigenvalue weighted by Gasteiger charge is -2.22. The predicted molar refractivity (Wildman–Crippen MR) is 87.3 cm³/mol. The number of hydrogen-bond acceptors (Lipinski definition) is 4. The van der Waals surface area contributed by atoms with Crippen molar-refractivity contribution in [2.24, 2.45) is 0 Å². The second-order valence-corrected chi connectivity index (χ2v) is 5.41. The van der Waals surface area contributed by atoms with Gasteiger partial charge in [-0.15, -0.1) is 0 Å². The summed E-state index contributed by atoms with van der Waals surface area (Å²) in [4.78, 5) is 0. The van der Waals surface area contributed by atoms with E-state index in [0.717, 1.165) is 30.9 Å². The van der Waals surface area contributed by atoms with Gasteiger partial charge in [-0.2, -0.15) is 0 Å². The minimum atomic E-state index is 0.178. The molecule has 2 rings (SSSR count). The molecule has 1 fully saturated rings. The standard InChI is InChI=1S/C15H22N2O3S/c1-10(13-5-4-8-20-13)16-15(21)17-12-7-6-11(18-2)9-14(12)19-3/h6-7,9-10,13H,4-5,8H2,1-3H3,(H2,16,17,21). The first kappa shape index (κ1) is 15.9. The molecule has 116 valence electrons. The number of ether oxygens (including phenoxy) is 3. The molecular formula is C15H22N2O3S. The highest BCUT2D eigenvalue weighted by Crippen LogP contribution is 2.29. The van der Waals surface area contributed by atoms with Gasteiger partial charge in [0.1, 0.15) is 11.5 Å². The fourth-order valence-corrected chi connectivity index (χ4v) is 2.65. The molecule has 21 heavy (non-hydrogen) atoms. The summed E-state index contributed by atoms with van der Waals surface area (Å²) in [5.41, 5.74) is 0.801. The Morgan fingerprint density at radius 2 is 2.19 bits per heavy atom. The summed E-state index contributed by atoms with van der Waals surface area (Å²) < 4.78 is 16.2. The van der Waals surface area contributed by atoms with Crippen molar-refractivity contribution in [1.29, 1.82) is 0 Å². The van der Waals surface area contributed by atoms with Crippen molar-refractivity contribution >= 4 is 23.0 Å². The number of benzene rings is 1. The maximum Gasteiger partial charge on any atom is 0.171 e. The van der Waals surface area contributed by atoms with Gasteiger partial charge >= 0.3 is 0 Å². The molecule has 1 aromatic carbocycles. The predicted octanol–water partition coefficient (Wildman–Crippen LogP) is 2.56. The van der Waals surface area contributed by atoms with Crippen molar-refractivity contribution < 1.29 is 14.2 Å². The molecule has 5 nitrogen and oxygen atoms in total. The third-order valence-corrected chi connectivity index (χ3v) is 3.76. The van der Waals surface area contributed by atoms with Crippen LogP contribution in [0.5, 0.6) is 11.5 Å². The van der Waals surface area contributed by atoms with Crippen LogP contribution in [0.15, 0.2) is 18.2 Å². The topological polar surface area (TPSA) is 51.8 Å². The Kier molecular flexibility index (Phi) is 5.64. The molecular weight excluding hydrogens is 288 g/mol. The highest BCUT2D eigenvalue weighted by Gasteiger charge is 2.22. The molecule has 2 atom stereocenters. The van der Waals surface area contributed by atoms with Crippen LogP contribution < -0.4 is 20.1 Å². The van der Waals surface area contributed by atoms with Gasteiger partial charge in [-0.1, -0.05) is 0 Å². The van der Waals surface area contributed by atoms with Crippen molar-refractivity contribution in [2.75, 3.05) is 26.1 Å². The maximum atomic E-state index is 5.65. The fourth-order valence-electron chi connectivity index (χ4n) is 2.36. The van der Waals surface area contributed by atoms with Gasteiger partial charge in [0, 0.05) is 12.7 Å². The molecule has 0 saturated carbocycles. The zero-order valence-corrected chi connectivity index (χ0v) is 13.5. The Morgan fingerprint density at radius 3 is 2.81 bits per heavy atom. The molecule has 0 aromatic heterocycles. The van der Waals surface area contributed by atoms with Crippen LogP contribution in [0.1, 0.15) is 19.8 Å². The molecule has 2 N–H and O–H groups in total. The van der Waals surface area contributed by atoms with Gasteiger partial charge in [-0.05, 0) is 44.1 Å². The number of hydrogen-bond donors (Lipinski definition) is 2. The zero-order valence-electron chi connectivity index (χ0n) is 12.6. The monoisotopic (exact) mass is 310 g/mol. The van der Waals surface area contributed by atoms with E-state index in [2.05, 4.69) is 17.6 Å². The molecule has 0 radical (unpaired) electrons. The molecule has 1 aromatic rings. The molecule has 1 heterocycles. The third kappa shape index (κ3) is 4.22. The van der Waals surface area contributed by atoms with E-state index in [9.17, 15) is 0 Å². The molecule has 1 saturated heterocycles. The highest BCUT2D eigenvalue weighted by molar-refractivity contribution is 7.80. The molecule has 6 heteroatoms. The summed E-state index contributed by atoms with van der Waals surface area (Å²) in [6.45, 7) is 2.92. The first-order valence-electron chi connectivity index (χ1n) is 7.05. The van der Waals surface area contributed by atoms with E-state index in [4.69, 9.17) is 26.4 Å². The van der Waals surface area contributed by atoms with Gasteiger partial charge in [0.05, 0.1) is 32.1 Å². The van der Waals surface area contributed by atoms with Crippen LogP contribution in [0.25, 0.3) is 0 Å². The van der Waals surface area contributed by atoms with E-state index in [-0.39, 0.29) is 12.1 Å². The van der Waals surface area contributed by atoms with Crippen molar-refractivity contribution in [3.05, 3.63) is 18.2 Å². The summed E-state index contributed by atoms with van der Waals surface area (Å²) in [5, 5.41) is 6.97. The van der Waals surface area contributed by atoms with E-state index in [1.807, 2.05) is 18.2 Å². The third-order valence-electron chi connectivity index (χ3n) is 3.54. The van der Waals surface area contributed by atoms with Gasteiger partial charge in [0.15, 0.2) is 5.11 Å². The largest absolute Gasteiger partial charge is 0.497 e. The van der Waals surface area contributed by atoms with Crippen LogP contribution in [0, 0.1) is 0 Å². The number of rotatable bonds is 5. The van der Waals surface area contributed by atoms with Crippen LogP contribution in [0.4, 0.5) is 5.69 Å². The van der Waals surface area contributed by atoms with Crippen LogP contribution >= 0.6 is 12.2 Å². The van der Waals surface area contributed by atoms with Crippen molar-refractivity contribution in [1.82, 2.24) is 5.32 Å². The maximum absolute atomic E-state index is 5.65. The van der Waals surface area contributed by atoms with E-state index in [1.165, 1.54) is 0 Å². The van der Waals surface area contributed by atoms with Crippen LogP contribution in [-0.4, -0.2) is 38.1 Å². The van der Waals surface area contributed by atoms with Crippen LogP contribution in [0.3, 0.4) is 0 Å². The number of anilines is 1. The van der Waals surface area contributed by atoms with E-state index >= 15 is 0 Å². The van der Waals surface area contributed by atoms with Crippen LogP contribution in [-0.2, 0) is 4.74 Å². The average Bonchev–Trinajstić information content (AvgIpc) is 3.01. The first-order chi connectivity index (χ1) is 10.1. The molecule has 0 bridgehead atoms. The Hall–Kier alpha value is -1.53. The SMILES string of the molecule is COc1ccc(NC(=S)NC(C)C2CCCO2)c(OC)c1. The smallest absolute Gasteiger partial charge is 0.171 e. The number of thiocarbonyl (C=S) groups is 1. The Morgan fingerprint density at radius 1 is 1.38 bits per heavy atom. The summed E-state index contributed by atoms with van der Waals surface area (Å²) >= 11 is 5.35. The lowest BCUT2D eigenvalue weighted by molar-refractivity contribution is 0.0895. The Labute approximate surface area is 131 Å². The van der Waals surface area contributed by atoms with Gasteiger partial charge in [0.25, 0.3) is 0 Å². The van der Waals surface area contributed by atoms with E-state index < -0.39 is 0 Å². The van der Waals surface area contributed by atoms with E-state index in [0.29, 0.717) is 10.9 Å². The lowest BCUT2D eigenvalue weighted by Crippen LogP contribution is -2.42. The summed E-state index contributed by atoms with van der Waals surface area (Å²) in [5.74, 6) is 1.42. The summed E-state index contributed by atoms with van der Waals surface area (Å²) in [6, 6.07) is 5.73. The Balaban J connectivity index is 1.95. The average molecular weight is 310 g/mol. The highest BCUT2D eigenvalue weighted by atomic mass is 32.1.